The second kappa shape index (κ2) is 8.17. The molecule has 1 N–H and O–H groups in total. The predicted octanol–water partition coefficient (Wildman–Crippen LogP) is 3.35. The van der Waals surface area contributed by atoms with Crippen LogP contribution in [0.4, 0.5) is 19.3 Å². The molecule has 7 nitrogen and oxygen atoms in total. The second-order valence-corrected chi connectivity index (χ2v) is 7.79. The fourth-order valence-corrected chi connectivity index (χ4v) is 2.87. The van der Waals surface area contributed by atoms with Gasteiger partial charge in [-0.2, -0.15) is 10.2 Å². The minimum absolute atomic E-state index is 0.0134. The largest absolute Gasteiger partial charge is 0.476 e. The van der Waals surface area contributed by atoms with Gasteiger partial charge in [-0.3, -0.25) is 0 Å². The van der Waals surface area contributed by atoms with Crippen molar-refractivity contribution in [2.45, 2.75) is 45.1 Å². The number of carbonyl (C=O) groups excluding carboxylic acids is 1. The lowest BCUT2D eigenvalue weighted by Crippen LogP contribution is -2.56. The van der Waals surface area contributed by atoms with Gasteiger partial charge in [0.2, 0.25) is 11.8 Å². The number of pyridine rings is 1. The molecule has 28 heavy (non-hydrogen) atoms. The molecular formula is C19H24F2N4O3. The quantitative estimate of drug-likeness (QED) is 0.728. The Morgan fingerprint density at radius 2 is 2.14 bits per heavy atom. The molecule has 1 amide bonds. The van der Waals surface area contributed by atoms with E-state index in [2.05, 4.69) is 10.3 Å². The molecule has 9 heteroatoms. The number of halogens is 2. The van der Waals surface area contributed by atoms with Crippen molar-refractivity contribution in [3.63, 3.8) is 0 Å². The van der Waals surface area contributed by atoms with Crippen LogP contribution in [0.2, 0.25) is 0 Å². The molecule has 0 spiro atoms. The maximum atomic E-state index is 13.2. The first-order chi connectivity index (χ1) is 13.3. The first-order valence-electron chi connectivity index (χ1n) is 9.40. The van der Waals surface area contributed by atoms with Gasteiger partial charge in [0.1, 0.15) is 11.7 Å². The number of ether oxygens (including phenoxy) is 2. The lowest BCUT2D eigenvalue weighted by atomic mass is 10.1. The summed E-state index contributed by atoms with van der Waals surface area (Å²) in [5.41, 5.74) is 0.453. The van der Waals surface area contributed by atoms with E-state index in [0.717, 1.165) is 12.8 Å². The summed E-state index contributed by atoms with van der Waals surface area (Å²) in [5.74, 6) is -1.87. The Balaban J connectivity index is 1.66. The monoisotopic (exact) mass is 394 g/mol. The molecule has 1 aliphatic carbocycles. The zero-order valence-corrected chi connectivity index (χ0v) is 16.0. The van der Waals surface area contributed by atoms with Gasteiger partial charge in [0.25, 0.3) is 5.92 Å². The number of nitriles is 1. The molecule has 1 atom stereocenters. The summed E-state index contributed by atoms with van der Waals surface area (Å²) in [6.45, 7) is 3.55. The van der Waals surface area contributed by atoms with Gasteiger partial charge >= 0.3 is 6.09 Å². The number of hydrogen-bond donors (Lipinski definition) is 1. The van der Waals surface area contributed by atoms with Crippen molar-refractivity contribution in [2.75, 3.05) is 24.6 Å². The van der Waals surface area contributed by atoms with E-state index in [9.17, 15) is 13.6 Å². The highest BCUT2D eigenvalue weighted by Gasteiger charge is 2.45. The van der Waals surface area contributed by atoms with Crippen LogP contribution in [-0.4, -0.2) is 42.7 Å². The Kier molecular flexibility index (Phi) is 5.87. The molecule has 2 aliphatic rings. The highest BCUT2D eigenvalue weighted by Crippen LogP contribution is 2.38. The number of hydrogen-bond acceptors (Lipinski definition) is 6. The number of carbonyl (C=O) groups is 1. The van der Waals surface area contributed by atoms with E-state index in [-0.39, 0.29) is 17.7 Å². The van der Waals surface area contributed by atoms with E-state index in [4.69, 9.17) is 14.7 Å². The van der Waals surface area contributed by atoms with Crippen LogP contribution in [-0.2, 0) is 0 Å². The Bertz CT molecular complexity index is 754. The van der Waals surface area contributed by atoms with E-state index in [0.29, 0.717) is 24.6 Å². The number of rotatable bonds is 8. The van der Waals surface area contributed by atoms with E-state index in [1.54, 1.807) is 6.07 Å². The van der Waals surface area contributed by atoms with Gasteiger partial charge < -0.3 is 19.7 Å². The topological polar surface area (TPSA) is 87.5 Å². The fourth-order valence-electron chi connectivity index (χ4n) is 2.87. The van der Waals surface area contributed by atoms with E-state index in [1.165, 1.54) is 11.0 Å². The van der Waals surface area contributed by atoms with Crippen LogP contribution in [0.5, 0.6) is 11.8 Å². The van der Waals surface area contributed by atoms with Gasteiger partial charge in [0, 0.05) is 6.07 Å². The average molecular weight is 394 g/mol. The van der Waals surface area contributed by atoms with Crippen molar-refractivity contribution in [1.82, 2.24) is 10.3 Å². The standard InChI is InChI=1S/C19H24F2N4O3/c1-12(2)7-14(8-22)23-18(26)28-16-6-5-15(25-10-19(20,21)11-25)17(24-16)27-9-13-3-4-13/h5-6,12-14H,3-4,7,9-11H2,1-2H3,(H,23,26). The molecule has 0 bridgehead atoms. The smallest absolute Gasteiger partial charge is 0.414 e. The predicted molar refractivity (Wildman–Crippen MR) is 97.6 cm³/mol. The van der Waals surface area contributed by atoms with Gasteiger partial charge in [0.05, 0.1) is 25.8 Å². The second-order valence-electron chi connectivity index (χ2n) is 7.79. The molecular weight excluding hydrogens is 370 g/mol. The molecule has 2 fully saturated rings. The molecule has 0 aromatic carbocycles. The lowest BCUT2D eigenvalue weighted by Gasteiger charge is -2.40. The molecule has 1 aromatic rings. The summed E-state index contributed by atoms with van der Waals surface area (Å²) < 4.78 is 37.3. The molecule has 3 rings (SSSR count). The number of nitrogens with one attached hydrogen (secondary N) is 1. The Morgan fingerprint density at radius 1 is 1.43 bits per heavy atom. The minimum Gasteiger partial charge on any atom is -0.476 e. The summed E-state index contributed by atoms with van der Waals surface area (Å²) in [6.07, 6.45) is 1.84. The summed E-state index contributed by atoms with van der Waals surface area (Å²) in [5, 5.41) is 11.6. The number of alkyl halides is 2. The van der Waals surface area contributed by atoms with Gasteiger partial charge in [0.15, 0.2) is 0 Å². The molecule has 1 saturated heterocycles. The molecule has 1 aliphatic heterocycles. The number of amides is 1. The first kappa shape index (κ1) is 20.1. The minimum atomic E-state index is -2.72. The Morgan fingerprint density at radius 3 is 2.71 bits per heavy atom. The van der Waals surface area contributed by atoms with Crippen LogP contribution >= 0.6 is 0 Å². The van der Waals surface area contributed by atoms with Crippen LogP contribution in [0.25, 0.3) is 0 Å². The third-order valence-corrected chi connectivity index (χ3v) is 4.50. The normalized spacial score (nSPS) is 18.8. The maximum Gasteiger partial charge on any atom is 0.414 e. The Hall–Kier alpha value is -2.63. The van der Waals surface area contributed by atoms with E-state index in [1.807, 2.05) is 19.9 Å². The first-order valence-corrected chi connectivity index (χ1v) is 9.40. The van der Waals surface area contributed by atoms with Gasteiger partial charge in [-0.05, 0) is 37.2 Å². The fraction of sp³-hybridized carbons (Fsp3) is 0.632. The van der Waals surface area contributed by atoms with Crippen LogP contribution in [0.3, 0.4) is 0 Å². The zero-order valence-electron chi connectivity index (χ0n) is 16.0. The van der Waals surface area contributed by atoms with Crippen molar-refractivity contribution in [3.05, 3.63) is 12.1 Å². The molecule has 0 radical (unpaired) electrons. The van der Waals surface area contributed by atoms with E-state index >= 15 is 0 Å². The molecule has 1 aromatic heterocycles. The van der Waals surface area contributed by atoms with Gasteiger partial charge in [-0.25, -0.2) is 13.6 Å². The summed E-state index contributed by atoms with van der Waals surface area (Å²) in [7, 11) is 0. The molecule has 1 saturated carbocycles. The number of anilines is 1. The van der Waals surface area contributed by atoms with E-state index < -0.39 is 31.1 Å². The van der Waals surface area contributed by atoms with Crippen molar-refractivity contribution < 1.29 is 23.0 Å². The summed E-state index contributed by atoms with van der Waals surface area (Å²) in [6, 6.07) is 4.34. The van der Waals surface area contributed by atoms with Crippen LogP contribution < -0.4 is 19.7 Å². The summed E-state index contributed by atoms with van der Waals surface area (Å²) in [4.78, 5) is 17.7. The SMILES string of the molecule is CC(C)CC(C#N)NC(=O)Oc1ccc(N2CC(F)(F)C2)c(OCC2CC2)n1. The van der Waals surface area contributed by atoms with Gasteiger partial charge in [-0.15, -0.1) is 0 Å². The van der Waals surface area contributed by atoms with Crippen LogP contribution in [0.15, 0.2) is 12.1 Å². The molecule has 2 heterocycles. The number of aromatic nitrogens is 1. The van der Waals surface area contributed by atoms with Gasteiger partial charge in [-0.1, -0.05) is 13.8 Å². The maximum absolute atomic E-state index is 13.2. The number of nitrogens with zero attached hydrogens (tertiary/aromatic N) is 3. The zero-order chi connectivity index (χ0) is 20.3. The van der Waals surface area contributed by atoms with Crippen molar-refractivity contribution >= 4 is 11.8 Å². The highest BCUT2D eigenvalue weighted by molar-refractivity contribution is 5.71. The lowest BCUT2D eigenvalue weighted by molar-refractivity contribution is -0.0265. The Labute approximate surface area is 162 Å². The van der Waals surface area contributed by atoms with Crippen LogP contribution in [0, 0.1) is 23.2 Å². The molecule has 152 valence electrons. The third kappa shape index (κ3) is 5.44. The van der Waals surface area contributed by atoms with Crippen molar-refractivity contribution in [1.29, 1.82) is 5.26 Å². The molecule has 1 unspecified atom stereocenters. The third-order valence-electron chi connectivity index (χ3n) is 4.50. The average Bonchev–Trinajstić information content (AvgIpc) is 3.41. The van der Waals surface area contributed by atoms with Crippen LogP contribution in [0.1, 0.15) is 33.1 Å². The van der Waals surface area contributed by atoms with Crippen molar-refractivity contribution in [3.8, 4) is 17.8 Å². The summed E-state index contributed by atoms with van der Waals surface area (Å²) >= 11 is 0. The highest BCUT2D eigenvalue weighted by atomic mass is 19.3. The van der Waals surface area contributed by atoms with Crippen molar-refractivity contribution in [2.24, 2.45) is 11.8 Å².